The molecule has 0 fully saturated rings. The number of aliphatic carboxylic acids is 1. The molecule has 0 bridgehead atoms. The summed E-state index contributed by atoms with van der Waals surface area (Å²) in [5, 5.41) is 9.55. The molecule has 0 spiro atoms. The van der Waals surface area contributed by atoms with Crippen molar-refractivity contribution in [3.05, 3.63) is 89.2 Å². The number of carboxylic acid groups (broad SMARTS) is 1. The lowest BCUT2D eigenvalue weighted by molar-refractivity contribution is -0.137. The van der Waals surface area contributed by atoms with Crippen LogP contribution >= 0.6 is 10.8 Å². The number of aryl methyl sites for hydroxylation is 2. The van der Waals surface area contributed by atoms with Crippen LogP contribution in [-0.2, 0) is 17.8 Å². The zero-order chi connectivity index (χ0) is 25.0. The summed E-state index contributed by atoms with van der Waals surface area (Å²) in [6.07, 6.45) is 4.74. The second-order valence-electron chi connectivity index (χ2n) is 9.10. The summed E-state index contributed by atoms with van der Waals surface area (Å²) >= 11 is 0. The van der Waals surface area contributed by atoms with Gasteiger partial charge in [-0.25, -0.2) is 0 Å². The summed E-state index contributed by atoms with van der Waals surface area (Å²) in [5.41, 5.74) is 3.96. The van der Waals surface area contributed by atoms with Crippen molar-refractivity contribution in [3.8, 4) is 5.75 Å². The number of fused-ring (bicyclic) bond motifs is 1. The third-order valence-electron chi connectivity index (χ3n) is 6.41. The molecule has 2 atom stereocenters. The van der Waals surface area contributed by atoms with Gasteiger partial charge in [0.2, 0.25) is 0 Å². The van der Waals surface area contributed by atoms with Gasteiger partial charge < -0.3 is 9.84 Å². The minimum atomic E-state index is -3.26. The average molecular weight is 497 g/mol. The van der Waals surface area contributed by atoms with E-state index in [2.05, 4.69) is 4.98 Å². The molecule has 7 nitrogen and oxygen atoms in total. The van der Waals surface area contributed by atoms with Crippen LogP contribution in [0.4, 0.5) is 0 Å². The molecule has 2 aromatic carbocycles. The van der Waals surface area contributed by atoms with Gasteiger partial charge in [0.25, 0.3) is 0 Å². The van der Waals surface area contributed by atoms with E-state index in [0.717, 1.165) is 28.7 Å². The number of hydrogen-bond donors (Lipinski definition) is 3. The van der Waals surface area contributed by atoms with Gasteiger partial charge in [0.1, 0.15) is 16.7 Å². The number of pyridine rings is 1. The molecule has 1 aliphatic rings. The second kappa shape index (κ2) is 10.8. The highest BCUT2D eigenvalue weighted by atomic mass is 32.3. The molecule has 4 rings (SSSR count). The number of rotatable bonds is 8. The van der Waals surface area contributed by atoms with E-state index in [-0.39, 0.29) is 18.4 Å². The highest BCUT2D eigenvalue weighted by Gasteiger charge is 2.34. The van der Waals surface area contributed by atoms with E-state index in [1.54, 1.807) is 28.7 Å². The molecule has 0 saturated carbocycles. The molecule has 0 radical (unpaired) electrons. The summed E-state index contributed by atoms with van der Waals surface area (Å²) in [6, 6.07) is 16.9. The van der Waals surface area contributed by atoms with Crippen molar-refractivity contribution in [2.24, 2.45) is 0 Å². The van der Waals surface area contributed by atoms with Gasteiger partial charge in [-0.05, 0) is 73.1 Å². The van der Waals surface area contributed by atoms with Crippen molar-refractivity contribution in [2.45, 2.75) is 56.6 Å². The van der Waals surface area contributed by atoms with Crippen LogP contribution in [0.2, 0.25) is 0 Å². The first-order chi connectivity index (χ1) is 16.7. The van der Waals surface area contributed by atoms with Crippen molar-refractivity contribution in [1.82, 2.24) is 9.29 Å². The van der Waals surface area contributed by atoms with E-state index < -0.39 is 16.7 Å². The summed E-state index contributed by atoms with van der Waals surface area (Å²) < 4.78 is 30.1. The molecule has 0 saturated heterocycles. The summed E-state index contributed by atoms with van der Waals surface area (Å²) in [6.45, 7) is 4.56. The Kier molecular flexibility index (Phi) is 7.76. The first-order valence-corrected chi connectivity index (χ1v) is 13.2. The normalized spacial score (nSPS) is 19.1. The Bertz CT molecular complexity index is 1170. The first kappa shape index (κ1) is 25.2. The Hall–Kier alpha value is -2.91. The fourth-order valence-corrected chi connectivity index (χ4v) is 6.16. The van der Waals surface area contributed by atoms with Crippen LogP contribution in [0.3, 0.4) is 0 Å². The Balaban J connectivity index is 1.60. The molecule has 0 amide bonds. The van der Waals surface area contributed by atoms with Crippen molar-refractivity contribution in [3.63, 3.8) is 0 Å². The molecule has 0 aliphatic carbocycles. The maximum Gasteiger partial charge on any atom is 0.303 e. The summed E-state index contributed by atoms with van der Waals surface area (Å²) in [4.78, 5) is 16.2. The van der Waals surface area contributed by atoms with Crippen LogP contribution in [0.25, 0.3) is 0 Å². The van der Waals surface area contributed by atoms with Crippen LogP contribution in [0.5, 0.6) is 5.75 Å². The zero-order valence-corrected chi connectivity index (χ0v) is 20.8. The van der Waals surface area contributed by atoms with Gasteiger partial charge in [0, 0.05) is 18.9 Å². The SMILES string of the molecule is Cc1ccc(C(CCc2cccnc2)CC(=O)O)cc1CN1C[C@@H](C)Oc2ccccc2S1(O)O. The van der Waals surface area contributed by atoms with Gasteiger partial charge in [0.05, 0.1) is 13.0 Å². The van der Waals surface area contributed by atoms with Crippen molar-refractivity contribution in [1.29, 1.82) is 0 Å². The maximum atomic E-state index is 11.6. The third-order valence-corrected chi connectivity index (χ3v) is 8.34. The number of carboxylic acids is 1. The lowest BCUT2D eigenvalue weighted by Gasteiger charge is -2.42. The fraction of sp³-hybridized carbons (Fsp3) is 0.333. The quantitative estimate of drug-likeness (QED) is 0.357. The van der Waals surface area contributed by atoms with Gasteiger partial charge in [0.15, 0.2) is 0 Å². The Morgan fingerprint density at radius 1 is 1.20 bits per heavy atom. The molecule has 35 heavy (non-hydrogen) atoms. The molecule has 1 aromatic heterocycles. The molecule has 1 unspecified atom stereocenters. The number of aromatic nitrogens is 1. The largest absolute Gasteiger partial charge is 0.487 e. The highest BCUT2D eigenvalue weighted by Crippen LogP contribution is 2.57. The number of nitrogens with zero attached hydrogens (tertiary/aromatic N) is 2. The van der Waals surface area contributed by atoms with Gasteiger partial charge in [-0.3, -0.25) is 18.9 Å². The summed E-state index contributed by atoms with van der Waals surface area (Å²) in [7, 11) is -3.26. The van der Waals surface area contributed by atoms with Gasteiger partial charge in [-0.2, -0.15) is 4.31 Å². The van der Waals surface area contributed by atoms with Crippen LogP contribution in [0.15, 0.2) is 71.9 Å². The lowest BCUT2D eigenvalue weighted by atomic mass is 9.88. The van der Waals surface area contributed by atoms with Crippen LogP contribution in [-0.4, -0.2) is 42.1 Å². The molecule has 8 heteroatoms. The number of benzene rings is 2. The standard InChI is InChI=1S/C27H32N2O5S/c1-19-9-11-22(23(15-27(30)31)12-10-21-6-5-13-28-16-21)14-24(19)18-29-17-20(2)34-25-7-3-4-8-26(25)35(29,32)33/h3-9,11,13-14,16,20,23,32-33H,10,12,15,17-18H2,1-2H3,(H,30,31)/t20-,23?/m1/s1. The maximum absolute atomic E-state index is 11.6. The van der Waals surface area contributed by atoms with E-state index >= 15 is 0 Å². The Morgan fingerprint density at radius 2 is 2.00 bits per heavy atom. The Labute approximate surface area is 207 Å². The van der Waals surface area contributed by atoms with Crippen LogP contribution in [0.1, 0.15) is 47.9 Å². The lowest BCUT2D eigenvalue weighted by Crippen LogP contribution is -2.33. The first-order valence-electron chi connectivity index (χ1n) is 11.7. The number of carbonyl (C=O) groups is 1. The highest BCUT2D eigenvalue weighted by molar-refractivity contribution is 8.22. The monoisotopic (exact) mass is 496 g/mol. The van der Waals surface area contributed by atoms with Gasteiger partial charge >= 0.3 is 5.97 Å². The van der Waals surface area contributed by atoms with E-state index in [0.29, 0.717) is 30.2 Å². The molecule has 3 aromatic rings. The van der Waals surface area contributed by atoms with Crippen molar-refractivity contribution < 1.29 is 23.7 Å². The zero-order valence-electron chi connectivity index (χ0n) is 20.0. The molecular weight excluding hydrogens is 464 g/mol. The topological polar surface area (TPSA) is 103 Å². The predicted molar refractivity (Wildman–Crippen MR) is 137 cm³/mol. The fourth-order valence-electron chi connectivity index (χ4n) is 4.50. The molecule has 186 valence electrons. The number of ether oxygens (including phenoxy) is 1. The van der Waals surface area contributed by atoms with Gasteiger partial charge in [-0.1, -0.05) is 36.4 Å². The molecule has 3 N–H and O–H groups in total. The number of hydrogen-bond acceptors (Lipinski definition) is 6. The van der Waals surface area contributed by atoms with Crippen LogP contribution in [0, 0.1) is 6.92 Å². The molecule has 1 aliphatic heterocycles. The predicted octanol–water partition coefficient (Wildman–Crippen LogP) is 5.89. The van der Waals surface area contributed by atoms with E-state index in [1.807, 2.05) is 56.4 Å². The van der Waals surface area contributed by atoms with Gasteiger partial charge in [-0.15, -0.1) is 10.8 Å². The molecular formula is C27H32N2O5S. The average Bonchev–Trinajstić information content (AvgIpc) is 2.92. The summed E-state index contributed by atoms with van der Waals surface area (Å²) in [5.74, 6) is -0.517. The van der Waals surface area contributed by atoms with E-state index in [1.165, 1.54) is 0 Å². The minimum absolute atomic E-state index is 0.0277. The van der Waals surface area contributed by atoms with E-state index in [9.17, 15) is 19.0 Å². The molecule has 2 heterocycles. The smallest absolute Gasteiger partial charge is 0.303 e. The van der Waals surface area contributed by atoms with Crippen molar-refractivity contribution in [2.75, 3.05) is 6.54 Å². The minimum Gasteiger partial charge on any atom is -0.487 e. The third kappa shape index (κ3) is 6.02. The van der Waals surface area contributed by atoms with E-state index in [4.69, 9.17) is 4.74 Å². The van der Waals surface area contributed by atoms with Crippen LogP contribution < -0.4 is 4.74 Å². The second-order valence-corrected chi connectivity index (χ2v) is 11.1. The number of para-hydroxylation sites is 1. The Morgan fingerprint density at radius 3 is 2.74 bits per heavy atom. The van der Waals surface area contributed by atoms with Crippen molar-refractivity contribution >= 4 is 16.7 Å².